The molecule has 0 radical (unpaired) electrons. The van der Waals surface area contributed by atoms with Crippen LogP contribution in [0, 0.1) is 0 Å². The molecular formula is C11H14BrNO2S. The lowest BCUT2D eigenvalue weighted by Gasteiger charge is -2.29. The van der Waals surface area contributed by atoms with Gasteiger partial charge in [0.25, 0.3) is 5.91 Å². The van der Waals surface area contributed by atoms with Gasteiger partial charge in [-0.3, -0.25) is 4.79 Å². The molecular weight excluding hydrogens is 290 g/mol. The summed E-state index contributed by atoms with van der Waals surface area (Å²) in [5.74, 6) is 0.780. The monoisotopic (exact) mass is 303 g/mol. The molecule has 0 bridgehead atoms. The van der Waals surface area contributed by atoms with Gasteiger partial charge in [0, 0.05) is 17.9 Å². The molecule has 1 aromatic rings. The maximum atomic E-state index is 12.2. The highest BCUT2D eigenvalue weighted by Crippen LogP contribution is 2.27. The summed E-state index contributed by atoms with van der Waals surface area (Å²) in [6.45, 7) is 1.64. The van der Waals surface area contributed by atoms with E-state index in [-0.39, 0.29) is 5.91 Å². The average Bonchev–Trinajstić information content (AvgIpc) is 2.76. The molecule has 2 rings (SSSR count). The van der Waals surface area contributed by atoms with Crippen LogP contribution in [0.2, 0.25) is 0 Å². The van der Waals surface area contributed by atoms with Crippen LogP contribution >= 0.6 is 27.3 Å². The Hall–Kier alpha value is -0.550. The van der Waals surface area contributed by atoms with Crippen LogP contribution in [0.4, 0.5) is 0 Å². The van der Waals surface area contributed by atoms with Gasteiger partial charge in [0.15, 0.2) is 0 Å². The molecule has 88 valence electrons. The minimum absolute atomic E-state index is 0.0935. The van der Waals surface area contributed by atoms with Crippen molar-refractivity contribution in [2.24, 2.45) is 0 Å². The molecule has 1 aromatic heterocycles. The minimum Gasteiger partial charge on any atom is -0.495 e. The van der Waals surface area contributed by atoms with Crippen molar-refractivity contribution in [2.75, 3.05) is 20.2 Å². The molecule has 1 aliphatic heterocycles. The zero-order chi connectivity index (χ0) is 11.5. The lowest BCUT2D eigenvalue weighted by molar-refractivity contribution is 0.0732. The Balaban J connectivity index is 2.12. The number of thiophene rings is 1. The molecule has 2 heterocycles. The predicted molar refractivity (Wildman–Crippen MR) is 68.7 cm³/mol. The van der Waals surface area contributed by atoms with Gasteiger partial charge in [0.2, 0.25) is 0 Å². The normalized spacial score (nSPS) is 20.9. The molecule has 0 aliphatic carbocycles. The second-order valence-electron chi connectivity index (χ2n) is 3.81. The van der Waals surface area contributed by atoms with E-state index >= 15 is 0 Å². The smallest absolute Gasteiger partial charge is 0.267 e. The number of amides is 1. The molecule has 1 unspecified atom stereocenters. The second-order valence-corrected chi connectivity index (χ2v) is 6.02. The Kier molecular flexibility index (Phi) is 3.86. The Morgan fingerprint density at radius 1 is 1.69 bits per heavy atom. The summed E-state index contributed by atoms with van der Waals surface area (Å²) in [7, 11) is 1.60. The number of nitrogens with zero attached hydrogens (tertiary/aromatic N) is 1. The first-order chi connectivity index (χ1) is 7.72. The van der Waals surface area contributed by atoms with Crippen molar-refractivity contribution in [1.82, 2.24) is 4.90 Å². The third-order valence-corrected chi connectivity index (χ3v) is 4.33. The number of hydrogen-bond acceptors (Lipinski definition) is 3. The van der Waals surface area contributed by atoms with E-state index in [4.69, 9.17) is 4.74 Å². The van der Waals surface area contributed by atoms with E-state index in [1.165, 1.54) is 11.3 Å². The zero-order valence-corrected chi connectivity index (χ0v) is 11.5. The first-order valence-electron chi connectivity index (χ1n) is 5.27. The number of carbonyl (C=O) groups excluding carboxylic acids is 1. The SMILES string of the molecule is COc1ccsc1C(=O)N1CCCC(Br)C1. The van der Waals surface area contributed by atoms with E-state index in [9.17, 15) is 4.79 Å². The van der Waals surface area contributed by atoms with E-state index in [2.05, 4.69) is 15.9 Å². The molecule has 16 heavy (non-hydrogen) atoms. The third kappa shape index (κ3) is 2.40. The lowest BCUT2D eigenvalue weighted by Crippen LogP contribution is -2.40. The molecule has 1 fully saturated rings. The number of methoxy groups -OCH3 is 1. The van der Waals surface area contributed by atoms with Gasteiger partial charge in [0.05, 0.1) is 7.11 Å². The topological polar surface area (TPSA) is 29.5 Å². The third-order valence-electron chi connectivity index (χ3n) is 2.69. The maximum absolute atomic E-state index is 12.2. The number of carbonyl (C=O) groups is 1. The number of likely N-dealkylation sites (tertiary alicyclic amines) is 1. The van der Waals surface area contributed by atoms with Crippen molar-refractivity contribution in [3.8, 4) is 5.75 Å². The highest BCUT2D eigenvalue weighted by molar-refractivity contribution is 9.09. The predicted octanol–water partition coefficient (Wildman–Crippen LogP) is 2.76. The van der Waals surface area contributed by atoms with Crippen molar-refractivity contribution in [3.63, 3.8) is 0 Å². The van der Waals surface area contributed by atoms with Gasteiger partial charge in [-0.25, -0.2) is 0 Å². The van der Waals surface area contributed by atoms with Gasteiger partial charge in [-0.15, -0.1) is 11.3 Å². The van der Waals surface area contributed by atoms with E-state index in [1.54, 1.807) is 7.11 Å². The van der Waals surface area contributed by atoms with Gasteiger partial charge in [-0.05, 0) is 24.3 Å². The highest BCUT2D eigenvalue weighted by Gasteiger charge is 2.25. The Bertz CT molecular complexity index is 380. The molecule has 0 saturated carbocycles. The minimum atomic E-state index is 0.0935. The van der Waals surface area contributed by atoms with E-state index in [0.717, 1.165) is 25.9 Å². The van der Waals surface area contributed by atoms with Crippen LogP contribution in [0.25, 0.3) is 0 Å². The molecule has 1 aliphatic rings. The van der Waals surface area contributed by atoms with Crippen LogP contribution in [-0.4, -0.2) is 35.8 Å². The van der Waals surface area contributed by atoms with Crippen molar-refractivity contribution in [3.05, 3.63) is 16.3 Å². The molecule has 3 nitrogen and oxygen atoms in total. The largest absolute Gasteiger partial charge is 0.495 e. The molecule has 1 saturated heterocycles. The average molecular weight is 304 g/mol. The fraction of sp³-hybridized carbons (Fsp3) is 0.545. The first-order valence-corrected chi connectivity index (χ1v) is 7.06. The van der Waals surface area contributed by atoms with Gasteiger partial charge < -0.3 is 9.64 Å². The van der Waals surface area contributed by atoms with Crippen LogP contribution in [0.15, 0.2) is 11.4 Å². The summed E-state index contributed by atoms with van der Waals surface area (Å²) in [5.41, 5.74) is 0. The summed E-state index contributed by atoms with van der Waals surface area (Å²) in [6.07, 6.45) is 2.21. The number of piperidine rings is 1. The van der Waals surface area contributed by atoms with Crippen molar-refractivity contribution >= 4 is 33.2 Å². The number of ether oxygens (including phenoxy) is 1. The standard InChI is InChI=1S/C11H14BrNO2S/c1-15-9-4-6-16-10(9)11(14)13-5-2-3-8(12)7-13/h4,6,8H,2-3,5,7H2,1H3. The van der Waals surface area contributed by atoms with E-state index in [0.29, 0.717) is 15.5 Å². The van der Waals surface area contributed by atoms with E-state index < -0.39 is 0 Å². The fourth-order valence-corrected chi connectivity index (χ4v) is 3.37. The number of hydrogen-bond donors (Lipinski definition) is 0. The highest BCUT2D eigenvalue weighted by atomic mass is 79.9. The van der Waals surface area contributed by atoms with Crippen molar-refractivity contribution < 1.29 is 9.53 Å². The lowest BCUT2D eigenvalue weighted by atomic mass is 10.1. The number of rotatable bonds is 2. The van der Waals surface area contributed by atoms with Crippen molar-refractivity contribution in [2.45, 2.75) is 17.7 Å². The number of halogens is 1. The molecule has 0 spiro atoms. The number of alkyl halides is 1. The van der Waals surface area contributed by atoms with Gasteiger partial charge in [0.1, 0.15) is 10.6 Å². The molecule has 5 heteroatoms. The van der Waals surface area contributed by atoms with Crippen LogP contribution in [0.1, 0.15) is 22.5 Å². The molecule has 0 aromatic carbocycles. The summed E-state index contributed by atoms with van der Waals surface area (Å²) < 4.78 is 5.18. The van der Waals surface area contributed by atoms with E-state index in [1.807, 2.05) is 16.3 Å². The summed E-state index contributed by atoms with van der Waals surface area (Å²) in [5, 5.41) is 1.89. The quantitative estimate of drug-likeness (QED) is 0.786. The van der Waals surface area contributed by atoms with Crippen LogP contribution in [0.5, 0.6) is 5.75 Å². The summed E-state index contributed by atoms with van der Waals surface area (Å²) >= 11 is 5.02. The van der Waals surface area contributed by atoms with Crippen LogP contribution in [0.3, 0.4) is 0 Å². The second kappa shape index (κ2) is 5.19. The maximum Gasteiger partial charge on any atom is 0.267 e. The Morgan fingerprint density at radius 3 is 3.19 bits per heavy atom. The molecule has 1 amide bonds. The first kappa shape index (κ1) is 11.9. The van der Waals surface area contributed by atoms with Crippen LogP contribution < -0.4 is 4.74 Å². The van der Waals surface area contributed by atoms with Gasteiger partial charge in [-0.1, -0.05) is 15.9 Å². The Labute approximate surface area is 108 Å². The zero-order valence-electron chi connectivity index (χ0n) is 9.11. The Morgan fingerprint density at radius 2 is 2.50 bits per heavy atom. The molecule has 1 atom stereocenters. The fourth-order valence-electron chi connectivity index (χ4n) is 1.87. The summed E-state index contributed by atoms with van der Waals surface area (Å²) in [6, 6.07) is 1.84. The van der Waals surface area contributed by atoms with Crippen molar-refractivity contribution in [1.29, 1.82) is 0 Å². The van der Waals surface area contributed by atoms with Gasteiger partial charge >= 0.3 is 0 Å². The van der Waals surface area contributed by atoms with Crippen LogP contribution in [-0.2, 0) is 0 Å². The summed E-state index contributed by atoms with van der Waals surface area (Å²) in [4.78, 5) is 15.3. The molecule has 0 N–H and O–H groups in total. The van der Waals surface area contributed by atoms with Gasteiger partial charge in [-0.2, -0.15) is 0 Å².